The van der Waals surface area contributed by atoms with Gasteiger partial charge in [0.25, 0.3) is 10.1 Å². The Balaban J connectivity index is 4.09. The van der Waals surface area contributed by atoms with E-state index < -0.39 is 28.0 Å². The van der Waals surface area contributed by atoms with Crippen molar-refractivity contribution in [1.29, 1.82) is 0 Å². The molecular weight excluding hydrogens is 546 g/mol. The van der Waals surface area contributed by atoms with Gasteiger partial charge in [0.1, 0.15) is 0 Å². The average Bonchev–Trinajstić information content (AvgIpc) is 2.94. The first-order valence-electron chi connectivity index (χ1n) is 17.2. The molecule has 1 amide bonds. The van der Waals surface area contributed by atoms with Gasteiger partial charge < -0.3 is 10.4 Å². The van der Waals surface area contributed by atoms with Crippen LogP contribution in [-0.4, -0.2) is 41.9 Å². The standard InChI is InChI=1S/C35H65NO5S/c1-3-5-7-9-11-13-14-15-16-17-18-19-20-21-23-24-26-28-30-34(37)33(32-42(39,40)41)36-35(38)31-29-27-25-22-12-10-8-6-4-2/h17-18,21,23,28,30,33-34,37H,3-16,19-20,22,24-27,29,31-32H2,1-2H3,(H,36,38)(H,39,40,41)/b18-17+,23-21+,30-28+. The Morgan fingerprint density at radius 3 is 1.50 bits per heavy atom. The summed E-state index contributed by atoms with van der Waals surface area (Å²) >= 11 is 0. The summed E-state index contributed by atoms with van der Waals surface area (Å²) in [4.78, 5) is 12.4. The molecular formula is C35H65NO5S. The van der Waals surface area contributed by atoms with Crippen LogP contribution in [0.5, 0.6) is 0 Å². The molecule has 0 aliphatic heterocycles. The van der Waals surface area contributed by atoms with Gasteiger partial charge in [-0.2, -0.15) is 8.42 Å². The minimum absolute atomic E-state index is 0.285. The van der Waals surface area contributed by atoms with Gasteiger partial charge >= 0.3 is 0 Å². The molecule has 6 nitrogen and oxygen atoms in total. The molecule has 0 saturated carbocycles. The fourth-order valence-corrected chi connectivity index (χ4v) is 5.68. The van der Waals surface area contributed by atoms with Gasteiger partial charge in [-0.05, 0) is 44.9 Å². The number of carbonyl (C=O) groups excluding carboxylic acids is 1. The maximum atomic E-state index is 12.4. The SMILES string of the molecule is CCCCCCCCCC/C=C/CC/C=C/CC/C=C/C(O)C(CS(=O)(=O)O)NC(=O)CCCCCCCCCCC. The molecule has 0 saturated heterocycles. The highest BCUT2D eigenvalue weighted by atomic mass is 32.2. The summed E-state index contributed by atoms with van der Waals surface area (Å²) in [5, 5.41) is 13.1. The van der Waals surface area contributed by atoms with Crippen LogP contribution in [0.4, 0.5) is 0 Å². The number of aliphatic hydroxyl groups excluding tert-OH is 1. The topological polar surface area (TPSA) is 104 Å². The summed E-state index contributed by atoms with van der Waals surface area (Å²) < 4.78 is 32.2. The molecule has 2 atom stereocenters. The van der Waals surface area contributed by atoms with Crippen molar-refractivity contribution in [3.05, 3.63) is 36.5 Å². The van der Waals surface area contributed by atoms with E-state index in [1.54, 1.807) is 6.08 Å². The van der Waals surface area contributed by atoms with E-state index in [9.17, 15) is 22.9 Å². The van der Waals surface area contributed by atoms with Crippen LogP contribution in [0.2, 0.25) is 0 Å². The lowest BCUT2D eigenvalue weighted by atomic mass is 10.1. The van der Waals surface area contributed by atoms with Crippen LogP contribution < -0.4 is 5.32 Å². The molecule has 0 spiro atoms. The smallest absolute Gasteiger partial charge is 0.267 e. The highest BCUT2D eigenvalue weighted by molar-refractivity contribution is 7.85. The number of allylic oxidation sites excluding steroid dienone is 5. The van der Waals surface area contributed by atoms with Gasteiger partial charge in [0.15, 0.2) is 0 Å². The van der Waals surface area contributed by atoms with Crippen molar-refractivity contribution in [2.75, 3.05) is 5.75 Å². The quantitative estimate of drug-likeness (QED) is 0.0426. The zero-order chi connectivity index (χ0) is 31.2. The minimum Gasteiger partial charge on any atom is -0.387 e. The molecule has 2 unspecified atom stereocenters. The first kappa shape index (κ1) is 40.6. The maximum absolute atomic E-state index is 12.4. The molecule has 0 radical (unpaired) electrons. The monoisotopic (exact) mass is 611 g/mol. The van der Waals surface area contributed by atoms with E-state index in [1.165, 1.54) is 102 Å². The van der Waals surface area contributed by atoms with Crippen molar-refractivity contribution >= 4 is 16.0 Å². The first-order chi connectivity index (χ1) is 20.3. The first-order valence-corrected chi connectivity index (χ1v) is 18.8. The van der Waals surface area contributed by atoms with E-state index in [0.29, 0.717) is 6.42 Å². The fourth-order valence-electron chi connectivity index (χ4n) is 4.95. The Bertz CT molecular complexity index is 806. The van der Waals surface area contributed by atoms with Crippen molar-refractivity contribution in [2.45, 2.75) is 174 Å². The second-order valence-corrected chi connectivity index (χ2v) is 13.3. The molecule has 0 aliphatic rings. The van der Waals surface area contributed by atoms with E-state index in [-0.39, 0.29) is 12.3 Å². The van der Waals surface area contributed by atoms with Crippen LogP contribution in [-0.2, 0) is 14.9 Å². The number of amides is 1. The summed E-state index contributed by atoms with van der Waals surface area (Å²) in [6.45, 7) is 4.46. The molecule has 42 heavy (non-hydrogen) atoms. The van der Waals surface area contributed by atoms with Gasteiger partial charge in [-0.3, -0.25) is 9.35 Å². The summed E-state index contributed by atoms with van der Waals surface area (Å²) in [7, 11) is -4.34. The number of hydrogen-bond donors (Lipinski definition) is 3. The Morgan fingerprint density at radius 1 is 0.619 bits per heavy atom. The van der Waals surface area contributed by atoms with Gasteiger partial charge in [0.05, 0.1) is 17.9 Å². The van der Waals surface area contributed by atoms with Crippen LogP contribution in [0, 0.1) is 0 Å². The van der Waals surface area contributed by atoms with Gasteiger partial charge in [-0.15, -0.1) is 0 Å². The zero-order valence-corrected chi connectivity index (χ0v) is 27.9. The Labute approximate surface area is 259 Å². The number of hydrogen-bond acceptors (Lipinski definition) is 4. The third-order valence-corrected chi connectivity index (χ3v) is 8.33. The summed E-state index contributed by atoms with van der Waals surface area (Å²) in [6, 6.07) is -1.07. The van der Waals surface area contributed by atoms with Gasteiger partial charge in [0.2, 0.25) is 5.91 Å². The Morgan fingerprint density at radius 2 is 1.02 bits per heavy atom. The molecule has 0 aromatic carbocycles. The predicted octanol–water partition coefficient (Wildman–Crippen LogP) is 9.40. The number of aliphatic hydroxyl groups is 1. The molecule has 0 heterocycles. The molecule has 7 heteroatoms. The summed E-state index contributed by atoms with van der Waals surface area (Å²) in [5.41, 5.74) is 0. The molecule has 3 N–H and O–H groups in total. The van der Waals surface area contributed by atoms with Gasteiger partial charge in [-0.1, -0.05) is 147 Å². The number of rotatable bonds is 30. The second kappa shape index (κ2) is 29.6. The summed E-state index contributed by atoms with van der Waals surface area (Å²) in [6.07, 6.45) is 37.1. The van der Waals surface area contributed by atoms with Crippen molar-refractivity contribution < 1.29 is 22.9 Å². The van der Waals surface area contributed by atoms with Crippen molar-refractivity contribution in [2.24, 2.45) is 0 Å². The normalized spacial score (nSPS) is 13.9. The van der Waals surface area contributed by atoms with Crippen molar-refractivity contribution in [3.8, 4) is 0 Å². The predicted molar refractivity (Wildman–Crippen MR) is 179 cm³/mol. The molecule has 0 aromatic heterocycles. The maximum Gasteiger partial charge on any atom is 0.267 e. The van der Waals surface area contributed by atoms with Gasteiger partial charge in [-0.25, -0.2) is 0 Å². The third-order valence-electron chi connectivity index (χ3n) is 7.55. The number of unbranched alkanes of at least 4 members (excludes halogenated alkanes) is 18. The van der Waals surface area contributed by atoms with E-state index in [4.69, 9.17) is 0 Å². The largest absolute Gasteiger partial charge is 0.387 e. The number of nitrogens with one attached hydrogen (secondary N) is 1. The molecule has 0 bridgehead atoms. The third kappa shape index (κ3) is 30.0. The van der Waals surface area contributed by atoms with E-state index in [2.05, 4.69) is 43.5 Å². The lowest BCUT2D eigenvalue weighted by molar-refractivity contribution is -0.122. The van der Waals surface area contributed by atoms with Crippen LogP contribution in [0.1, 0.15) is 162 Å². The zero-order valence-electron chi connectivity index (χ0n) is 27.1. The van der Waals surface area contributed by atoms with E-state index >= 15 is 0 Å². The highest BCUT2D eigenvalue weighted by Crippen LogP contribution is 2.12. The van der Waals surface area contributed by atoms with E-state index in [0.717, 1.165) is 38.5 Å². The van der Waals surface area contributed by atoms with Crippen LogP contribution in [0.3, 0.4) is 0 Å². The molecule has 0 rings (SSSR count). The Kier molecular flexibility index (Phi) is 28.6. The highest BCUT2D eigenvalue weighted by Gasteiger charge is 2.24. The van der Waals surface area contributed by atoms with Crippen molar-refractivity contribution in [3.63, 3.8) is 0 Å². The minimum atomic E-state index is -4.34. The fraction of sp³-hybridized carbons (Fsp3) is 0.800. The van der Waals surface area contributed by atoms with Crippen molar-refractivity contribution in [1.82, 2.24) is 5.32 Å². The molecule has 0 fully saturated rings. The average molecular weight is 612 g/mol. The molecule has 0 aromatic rings. The Hall–Kier alpha value is -1.44. The lowest BCUT2D eigenvalue weighted by Crippen LogP contribution is -2.46. The summed E-state index contributed by atoms with van der Waals surface area (Å²) in [5.74, 6) is -1.01. The molecule has 246 valence electrons. The molecule has 0 aliphatic carbocycles. The lowest BCUT2D eigenvalue weighted by Gasteiger charge is -2.21. The van der Waals surface area contributed by atoms with Crippen LogP contribution >= 0.6 is 0 Å². The van der Waals surface area contributed by atoms with E-state index in [1.807, 2.05) is 0 Å². The van der Waals surface area contributed by atoms with Gasteiger partial charge in [0, 0.05) is 6.42 Å². The van der Waals surface area contributed by atoms with Crippen LogP contribution in [0.25, 0.3) is 0 Å². The van der Waals surface area contributed by atoms with Crippen LogP contribution in [0.15, 0.2) is 36.5 Å². The second-order valence-electron chi connectivity index (χ2n) is 11.8. The number of carbonyl (C=O) groups is 1.